The summed E-state index contributed by atoms with van der Waals surface area (Å²) in [5, 5.41) is 3.49. The molecular formula is C19H25N3O. The van der Waals surface area contributed by atoms with Gasteiger partial charge in [-0.05, 0) is 56.0 Å². The van der Waals surface area contributed by atoms with E-state index in [9.17, 15) is 0 Å². The topological polar surface area (TPSA) is 60.2 Å². The smallest absolute Gasteiger partial charge is 0.127 e. The predicted octanol–water partition coefficient (Wildman–Crippen LogP) is 3.07. The van der Waals surface area contributed by atoms with E-state index in [1.54, 1.807) is 6.20 Å². The number of ether oxygens (including phenoxy) is 1. The second kappa shape index (κ2) is 5.85. The molecule has 3 rings (SSSR count). The van der Waals surface area contributed by atoms with Gasteiger partial charge in [0.2, 0.25) is 0 Å². The third-order valence-corrected chi connectivity index (χ3v) is 4.89. The molecule has 1 aliphatic rings. The average Bonchev–Trinajstić information content (AvgIpc) is 2.90. The first-order valence-electron chi connectivity index (χ1n) is 8.08. The van der Waals surface area contributed by atoms with Crippen LogP contribution in [0.1, 0.15) is 34.7 Å². The Kier molecular flexibility index (Phi) is 4.02. The van der Waals surface area contributed by atoms with Gasteiger partial charge in [0.1, 0.15) is 11.4 Å². The third-order valence-electron chi connectivity index (χ3n) is 4.89. The van der Waals surface area contributed by atoms with Crippen molar-refractivity contribution in [2.24, 2.45) is 0 Å². The van der Waals surface area contributed by atoms with Gasteiger partial charge in [-0.2, -0.15) is 0 Å². The predicted molar refractivity (Wildman–Crippen MR) is 93.7 cm³/mol. The Morgan fingerprint density at radius 2 is 2.04 bits per heavy atom. The number of nitrogen functional groups attached to an aromatic ring is 1. The minimum absolute atomic E-state index is 0.236. The third kappa shape index (κ3) is 2.91. The highest BCUT2D eigenvalue weighted by Crippen LogP contribution is 2.43. The normalized spacial score (nSPS) is 19.5. The van der Waals surface area contributed by atoms with E-state index < -0.39 is 0 Å². The first-order valence-corrected chi connectivity index (χ1v) is 8.08. The van der Waals surface area contributed by atoms with Crippen LogP contribution in [-0.2, 0) is 13.0 Å². The van der Waals surface area contributed by atoms with E-state index in [1.165, 1.54) is 22.3 Å². The average molecular weight is 311 g/mol. The summed E-state index contributed by atoms with van der Waals surface area (Å²) < 4.78 is 6.35. The van der Waals surface area contributed by atoms with E-state index in [0.717, 1.165) is 36.5 Å². The molecule has 122 valence electrons. The molecule has 0 amide bonds. The molecule has 0 radical (unpaired) electrons. The minimum atomic E-state index is -0.236. The van der Waals surface area contributed by atoms with Crippen molar-refractivity contribution in [3.05, 3.63) is 52.3 Å². The van der Waals surface area contributed by atoms with Crippen molar-refractivity contribution >= 4 is 5.69 Å². The molecule has 1 unspecified atom stereocenters. The Balaban J connectivity index is 1.73. The lowest BCUT2D eigenvalue weighted by Crippen LogP contribution is -2.41. The van der Waals surface area contributed by atoms with Crippen molar-refractivity contribution in [3.63, 3.8) is 0 Å². The second-order valence-corrected chi connectivity index (χ2v) is 6.79. The van der Waals surface area contributed by atoms with Crippen LogP contribution in [0.5, 0.6) is 5.75 Å². The summed E-state index contributed by atoms with van der Waals surface area (Å²) in [5.41, 5.74) is 12.8. The monoisotopic (exact) mass is 311 g/mol. The van der Waals surface area contributed by atoms with E-state index in [0.29, 0.717) is 0 Å². The van der Waals surface area contributed by atoms with Gasteiger partial charge in [0.25, 0.3) is 0 Å². The fourth-order valence-corrected chi connectivity index (χ4v) is 3.29. The second-order valence-electron chi connectivity index (χ2n) is 6.79. The van der Waals surface area contributed by atoms with Crippen molar-refractivity contribution in [3.8, 4) is 5.75 Å². The molecule has 0 spiro atoms. The number of benzene rings is 1. The molecule has 0 fully saturated rings. The molecule has 4 nitrogen and oxygen atoms in total. The number of anilines is 1. The van der Waals surface area contributed by atoms with E-state index in [-0.39, 0.29) is 5.60 Å². The van der Waals surface area contributed by atoms with Gasteiger partial charge in [0.05, 0.1) is 0 Å². The van der Waals surface area contributed by atoms with Crippen molar-refractivity contribution in [1.82, 2.24) is 10.3 Å². The van der Waals surface area contributed by atoms with Gasteiger partial charge >= 0.3 is 0 Å². The maximum atomic E-state index is 6.35. The molecule has 1 atom stereocenters. The fraction of sp³-hybridized carbons (Fsp3) is 0.421. The van der Waals surface area contributed by atoms with Crippen molar-refractivity contribution in [2.45, 2.75) is 46.3 Å². The zero-order valence-corrected chi connectivity index (χ0v) is 14.4. The highest BCUT2D eigenvalue weighted by molar-refractivity contribution is 5.66. The van der Waals surface area contributed by atoms with Crippen LogP contribution in [-0.4, -0.2) is 17.1 Å². The summed E-state index contributed by atoms with van der Waals surface area (Å²) in [7, 11) is 0. The summed E-state index contributed by atoms with van der Waals surface area (Å²) in [6.45, 7) is 10.00. The Morgan fingerprint density at radius 1 is 1.26 bits per heavy atom. The molecule has 4 heteroatoms. The van der Waals surface area contributed by atoms with Gasteiger partial charge in [0.15, 0.2) is 0 Å². The Morgan fingerprint density at radius 3 is 2.74 bits per heavy atom. The molecule has 0 aliphatic carbocycles. The van der Waals surface area contributed by atoms with Gasteiger partial charge < -0.3 is 15.8 Å². The minimum Gasteiger partial charge on any atom is -0.485 e. The van der Waals surface area contributed by atoms with Crippen molar-refractivity contribution < 1.29 is 4.74 Å². The largest absolute Gasteiger partial charge is 0.485 e. The number of rotatable bonds is 4. The molecule has 2 heterocycles. The zero-order valence-electron chi connectivity index (χ0n) is 14.4. The van der Waals surface area contributed by atoms with Gasteiger partial charge in [0, 0.05) is 43.2 Å². The molecule has 0 saturated carbocycles. The molecular weight excluding hydrogens is 286 g/mol. The molecule has 1 aliphatic heterocycles. The summed E-state index contributed by atoms with van der Waals surface area (Å²) in [5.74, 6) is 1.03. The first-order chi connectivity index (χ1) is 10.9. The van der Waals surface area contributed by atoms with Gasteiger partial charge in [-0.25, -0.2) is 0 Å². The summed E-state index contributed by atoms with van der Waals surface area (Å²) in [6.07, 6.45) is 4.57. The maximum absolute atomic E-state index is 6.35. The van der Waals surface area contributed by atoms with Crippen LogP contribution in [0.4, 0.5) is 5.69 Å². The first kappa shape index (κ1) is 15.8. The number of nitrogens with two attached hydrogens (primary N) is 1. The Labute approximate surface area is 138 Å². The van der Waals surface area contributed by atoms with E-state index in [2.05, 4.69) is 44.1 Å². The molecule has 1 aromatic heterocycles. The van der Waals surface area contributed by atoms with Crippen LogP contribution >= 0.6 is 0 Å². The van der Waals surface area contributed by atoms with Gasteiger partial charge in [-0.15, -0.1) is 0 Å². The maximum Gasteiger partial charge on any atom is 0.127 e. The molecule has 0 saturated heterocycles. The van der Waals surface area contributed by atoms with Crippen molar-refractivity contribution in [2.75, 3.05) is 12.3 Å². The van der Waals surface area contributed by atoms with Crippen LogP contribution in [0, 0.1) is 20.8 Å². The highest BCUT2D eigenvalue weighted by atomic mass is 16.5. The van der Waals surface area contributed by atoms with Crippen LogP contribution in [0.2, 0.25) is 0 Å². The number of hydrogen-bond acceptors (Lipinski definition) is 4. The standard InChI is InChI=1S/C19H25N3O/c1-12-13(2)18-16(14(3)17(12)20)8-19(4,23-18)11-22-10-15-6-5-7-21-9-15/h5-7,9,22H,8,10-11,20H2,1-4H3. The summed E-state index contributed by atoms with van der Waals surface area (Å²) >= 11 is 0. The number of pyridine rings is 1. The lowest BCUT2D eigenvalue weighted by atomic mass is 9.92. The number of fused-ring (bicyclic) bond motifs is 1. The SMILES string of the molecule is Cc1c(C)c2c(c(C)c1N)CC(C)(CNCc1cccnc1)O2. The van der Waals surface area contributed by atoms with Crippen LogP contribution in [0.15, 0.2) is 24.5 Å². The fourth-order valence-electron chi connectivity index (χ4n) is 3.29. The number of hydrogen-bond donors (Lipinski definition) is 2. The number of aromatic nitrogens is 1. The lowest BCUT2D eigenvalue weighted by molar-refractivity contribution is 0.113. The van der Waals surface area contributed by atoms with Gasteiger partial charge in [-0.3, -0.25) is 4.98 Å². The molecule has 3 N–H and O–H groups in total. The quantitative estimate of drug-likeness (QED) is 0.852. The zero-order chi connectivity index (χ0) is 16.6. The molecule has 23 heavy (non-hydrogen) atoms. The molecule has 2 aromatic rings. The Bertz CT molecular complexity index is 688. The summed E-state index contributed by atoms with van der Waals surface area (Å²) in [4.78, 5) is 4.14. The Hall–Kier alpha value is -2.07. The van der Waals surface area contributed by atoms with Gasteiger partial charge in [-0.1, -0.05) is 6.07 Å². The summed E-state index contributed by atoms with van der Waals surface area (Å²) in [6, 6.07) is 4.03. The molecule has 0 bridgehead atoms. The van der Waals surface area contributed by atoms with Crippen LogP contribution in [0.3, 0.4) is 0 Å². The van der Waals surface area contributed by atoms with E-state index >= 15 is 0 Å². The lowest BCUT2D eigenvalue weighted by Gasteiger charge is -2.25. The van der Waals surface area contributed by atoms with E-state index in [1.807, 2.05) is 12.3 Å². The van der Waals surface area contributed by atoms with Crippen molar-refractivity contribution in [1.29, 1.82) is 0 Å². The molecule has 1 aromatic carbocycles. The van der Waals surface area contributed by atoms with E-state index in [4.69, 9.17) is 10.5 Å². The van der Waals surface area contributed by atoms with Crippen LogP contribution < -0.4 is 15.8 Å². The van der Waals surface area contributed by atoms with Crippen LogP contribution in [0.25, 0.3) is 0 Å². The number of nitrogens with zero attached hydrogens (tertiary/aromatic N) is 1. The number of nitrogens with one attached hydrogen (secondary N) is 1. The highest BCUT2D eigenvalue weighted by Gasteiger charge is 2.37.